The Bertz CT molecular complexity index is 658. The zero-order valence-corrected chi connectivity index (χ0v) is 17.4. The van der Waals surface area contributed by atoms with Crippen molar-refractivity contribution in [2.24, 2.45) is 11.8 Å². The Morgan fingerprint density at radius 3 is 2.68 bits per heavy atom. The molecule has 6 heteroatoms. The average molecular weight is 391 g/mol. The Labute approximate surface area is 168 Å². The Hall–Kier alpha value is -2.08. The monoisotopic (exact) mass is 390 g/mol. The van der Waals surface area contributed by atoms with Gasteiger partial charge in [0, 0.05) is 19.0 Å². The summed E-state index contributed by atoms with van der Waals surface area (Å²) in [6.45, 7) is 8.91. The number of aliphatic carboxylic acids is 1. The van der Waals surface area contributed by atoms with E-state index in [0.717, 1.165) is 50.8 Å². The first kappa shape index (κ1) is 22.2. The molecule has 1 fully saturated rings. The standard InChI is InChI=1S/C22H34N2O4/c1-4-17(5-2)21(25)23-19-10-9-16(14-20(19)28-6-3)11-13-24-12-7-8-18(15-24)22(26)27/h9-10,14,17-18H,4-8,11-13,15H2,1-3H3,(H,23,25)(H,26,27). The van der Waals surface area contributed by atoms with E-state index < -0.39 is 5.97 Å². The molecular weight excluding hydrogens is 356 g/mol. The highest BCUT2D eigenvalue weighted by molar-refractivity contribution is 5.94. The lowest BCUT2D eigenvalue weighted by Crippen LogP contribution is -2.39. The van der Waals surface area contributed by atoms with Crippen LogP contribution < -0.4 is 10.1 Å². The summed E-state index contributed by atoms with van der Waals surface area (Å²) >= 11 is 0. The van der Waals surface area contributed by atoms with Gasteiger partial charge in [0.05, 0.1) is 18.2 Å². The van der Waals surface area contributed by atoms with Gasteiger partial charge in [-0.2, -0.15) is 0 Å². The number of nitrogens with zero attached hydrogens (tertiary/aromatic N) is 1. The summed E-state index contributed by atoms with van der Waals surface area (Å²) in [7, 11) is 0. The Balaban J connectivity index is 2.01. The fraction of sp³-hybridized carbons (Fsp3) is 0.636. The maximum Gasteiger partial charge on any atom is 0.307 e. The molecule has 0 aliphatic carbocycles. The summed E-state index contributed by atoms with van der Waals surface area (Å²) in [4.78, 5) is 25.9. The summed E-state index contributed by atoms with van der Waals surface area (Å²) in [5, 5.41) is 12.2. The molecule has 1 aromatic carbocycles. The van der Waals surface area contributed by atoms with Crippen molar-refractivity contribution < 1.29 is 19.4 Å². The number of rotatable bonds is 10. The van der Waals surface area contributed by atoms with E-state index in [9.17, 15) is 14.7 Å². The predicted molar refractivity (Wildman–Crippen MR) is 111 cm³/mol. The van der Waals surface area contributed by atoms with Crippen LogP contribution in [0.1, 0.15) is 52.0 Å². The van der Waals surface area contributed by atoms with E-state index in [0.29, 0.717) is 24.6 Å². The summed E-state index contributed by atoms with van der Waals surface area (Å²) in [5.41, 5.74) is 1.84. The van der Waals surface area contributed by atoms with Crippen LogP contribution >= 0.6 is 0 Å². The zero-order chi connectivity index (χ0) is 20.5. The van der Waals surface area contributed by atoms with Gasteiger partial charge in [0.15, 0.2) is 0 Å². The van der Waals surface area contributed by atoms with Crippen molar-refractivity contribution in [3.8, 4) is 5.75 Å². The SMILES string of the molecule is CCOc1cc(CCN2CCCC(C(=O)O)C2)ccc1NC(=O)C(CC)CC. The first-order valence-corrected chi connectivity index (χ1v) is 10.5. The molecule has 1 saturated heterocycles. The number of benzene rings is 1. The normalized spacial score (nSPS) is 17.5. The molecule has 0 radical (unpaired) electrons. The summed E-state index contributed by atoms with van der Waals surface area (Å²) in [6.07, 6.45) is 4.16. The molecule has 28 heavy (non-hydrogen) atoms. The smallest absolute Gasteiger partial charge is 0.307 e. The van der Waals surface area contributed by atoms with Gasteiger partial charge in [-0.15, -0.1) is 0 Å². The minimum absolute atomic E-state index is 0.00966. The van der Waals surface area contributed by atoms with Crippen molar-refractivity contribution in [1.29, 1.82) is 0 Å². The number of anilines is 1. The lowest BCUT2D eigenvalue weighted by atomic mass is 9.98. The highest BCUT2D eigenvalue weighted by atomic mass is 16.5. The van der Waals surface area contributed by atoms with Crippen molar-refractivity contribution in [1.82, 2.24) is 4.90 Å². The van der Waals surface area contributed by atoms with E-state index in [1.165, 1.54) is 0 Å². The van der Waals surface area contributed by atoms with E-state index >= 15 is 0 Å². The maximum atomic E-state index is 12.4. The molecule has 2 rings (SSSR count). The van der Waals surface area contributed by atoms with Crippen LogP contribution in [0.5, 0.6) is 5.75 Å². The van der Waals surface area contributed by atoms with Crippen LogP contribution in [0, 0.1) is 11.8 Å². The van der Waals surface area contributed by atoms with Crippen LogP contribution in [0.3, 0.4) is 0 Å². The third-order valence-corrected chi connectivity index (χ3v) is 5.53. The minimum Gasteiger partial charge on any atom is -0.492 e. The van der Waals surface area contributed by atoms with Gasteiger partial charge >= 0.3 is 5.97 Å². The van der Waals surface area contributed by atoms with E-state index in [-0.39, 0.29) is 17.7 Å². The van der Waals surface area contributed by atoms with Crippen molar-refractivity contribution in [3.63, 3.8) is 0 Å². The highest BCUT2D eigenvalue weighted by Gasteiger charge is 2.25. The number of amides is 1. The topological polar surface area (TPSA) is 78.9 Å². The van der Waals surface area contributed by atoms with Gasteiger partial charge in [0.25, 0.3) is 0 Å². The second-order valence-electron chi connectivity index (χ2n) is 7.49. The quantitative estimate of drug-likeness (QED) is 0.635. The fourth-order valence-corrected chi connectivity index (χ4v) is 3.74. The maximum absolute atomic E-state index is 12.4. The van der Waals surface area contributed by atoms with E-state index in [1.54, 1.807) is 0 Å². The first-order valence-electron chi connectivity index (χ1n) is 10.5. The highest BCUT2D eigenvalue weighted by Crippen LogP contribution is 2.28. The number of nitrogens with one attached hydrogen (secondary N) is 1. The van der Waals surface area contributed by atoms with Crippen LogP contribution in [-0.2, 0) is 16.0 Å². The van der Waals surface area contributed by atoms with E-state index in [2.05, 4.69) is 10.2 Å². The van der Waals surface area contributed by atoms with Gasteiger partial charge in [-0.1, -0.05) is 19.9 Å². The first-order chi connectivity index (χ1) is 13.5. The van der Waals surface area contributed by atoms with Gasteiger partial charge in [-0.05, 0) is 63.3 Å². The summed E-state index contributed by atoms with van der Waals surface area (Å²) in [6, 6.07) is 5.92. The molecule has 1 atom stereocenters. The van der Waals surface area contributed by atoms with Gasteiger partial charge < -0.3 is 20.1 Å². The van der Waals surface area contributed by atoms with E-state index in [4.69, 9.17) is 4.74 Å². The number of hydrogen-bond acceptors (Lipinski definition) is 4. The van der Waals surface area contributed by atoms with Crippen molar-refractivity contribution in [2.75, 3.05) is 31.6 Å². The molecule has 0 saturated carbocycles. The second-order valence-corrected chi connectivity index (χ2v) is 7.49. The number of ether oxygens (including phenoxy) is 1. The summed E-state index contributed by atoms with van der Waals surface area (Å²) in [5.74, 6) is -0.208. The van der Waals surface area contributed by atoms with Crippen LogP contribution in [0.2, 0.25) is 0 Å². The molecule has 1 aliphatic heterocycles. The lowest BCUT2D eigenvalue weighted by molar-refractivity contribution is -0.143. The summed E-state index contributed by atoms with van der Waals surface area (Å²) < 4.78 is 5.76. The number of carbonyl (C=O) groups excluding carboxylic acids is 1. The van der Waals surface area contributed by atoms with Crippen LogP contribution in [0.4, 0.5) is 5.69 Å². The van der Waals surface area contributed by atoms with Gasteiger partial charge in [-0.3, -0.25) is 9.59 Å². The molecule has 1 aromatic rings. The van der Waals surface area contributed by atoms with Crippen molar-refractivity contribution in [3.05, 3.63) is 23.8 Å². The second kappa shape index (κ2) is 11.1. The van der Waals surface area contributed by atoms with E-state index in [1.807, 2.05) is 39.0 Å². The molecule has 0 aromatic heterocycles. The molecule has 1 unspecified atom stereocenters. The zero-order valence-electron chi connectivity index (χ0n) is 17.4. The molecule has 2 N–H and O–H groups in total. The third-order valence-electron chi connectivity index (χ3n) is 5.53. The largest absolute Gasteiger partial charge is 0.492 e. The number of hydrogen-bond donors (Lipinski definition) is 2. The molecule has 6 nitrogen and oxygen atoms in total. The molecule has 1 amide bonds. The number of carbonyl (C=O) groups is 2. The number of likely N-dealkylation sites (tertiary alicyclic amines) is 1. The number of carboxylic acids is 1. The van der Waals surface area contributed by atoms with Gasteiger partial charge in [0.2, 0.25) is 5.91 Å². The Morgan fingerprint density at radius 2 is 2.04 bits per heavy atom. The number of piperidine rings is 1. The van der Waals surface area contributed by atoms with Crippen molar-refractivity contribution >= 4 is 17.6 Å². The molecule has 1 heterocycles. The lowest BCUT2D eigenvalue weighted by Gasteiger charge is -2.30. The van der Waals surface area contributed by atoms with Crippen LogP contribution in [-0.4, -0.2) is 48.1 Å². The third kappa shape index (κ3) is 6.23. The van der Waals surface area contributed by atoms with Crippen LogP contribution in [0.15, 0.2) is 18.2 Å². The molecule has 156 valence electrons. The van der Waals surface area contributed by atoms with Crippen molar-refractivity contribution in [2.45, 2.75) is 52.9 Å². The van der Waals surface area contributed by atoms with Crippen LogP contribution in [0.25, 0.3) is 0 Å². The number of carboxylic acid groups (broad SMARTS) is 1. The predicted octanol–water partition coefficient (Wildman–Crippen LogP) is 3.80. The minimum atomic E-state index is -0.694. The Morgan fingerprint density at radius 1 is 1.29 bits per heavy atom. The molecule has 0 spiro atoms. The fourth-order valence-electron chi connectivity index (χ4n) is 3.74. The Kier molecular flexibility index (Phi) is 8.77. The van der Waals surface area contributed by atoms with Gasteiger partial charge in [0.1, 0.15) is 5.75 Å². The molecule has 0 bridgehead atoms. The molecule has 1 aliphatic rings. The molecular formula is C22H34N2O4. The van der Waals surface area contributed by atoms with Gasteiger partial charge in [-0.25, -0.2) is 0 Å². The average Bonchev–Trinajstić information content (AvgIpc) is 2.69.